The van der Waals surface area contributed by atoms with Crippen molar-refractivity contribution in [2.45, 2.75) is 58.8 Å². The average molecular weight is 423 g/mol. The van der Waals surface area contributed by atoms with E-state index < -0.39 is 0 Å². The highest BCUT2D eigenvalue weighted by Crippen LogP contribution is 2.77. The second-order valence-electron chi connectivity index (χ2n) is 12.1. The molecule has 6 atom stereocenters. The fourth-order valence-electron chi connectivity index (χ4n) is 9.31. The van der Waals surface area contributed by atoms with Crippen molar-refractivity contribution in [3.63, 3.8) is 0 Å². The van der Waals surface area contributed by atoms with Crippen molar-refractivity contribution in [3.8, 4) is 0 Å². The highest BCUT2D eigenvalue weighted by atomic mass is 16.1. The van der Waals surface area contributed by atoms with Crippen LogP contribution in [-0.2, 0) is 9.59 Å². The number of carbonyl (C=O) groups excluding carboxylic acids is 2. The molecule has 0 bridgehead atoms. The molecule has 5 aliphatic carbocycles. The lowest BCUT2D eigenvalue weighted by atomic mass is 9.43. The maximum Gasteiger partial charge on any atom is 0.178 e. The zero-order valence-corrected chi connectivity index (χ0v) is 19.3. The second kappa shape index (κ2) is 6.87. The molecule has 1 N–H and O–H groups in total. The molecule has 0 aromatic heterocycles. The Morgan fingerprint density at radius 1 is 1.16 bits per heavy atom. The summed E-state index contributed by atoms with van der Waals surface area (Å²) in [6.45, 7) is 9.60. The molecule has 168 valence electrons. The summed E-state index contributed by atoms with van der Waals surface area (Å²) in [4.78, 5) is 28.0. The van der Waals surface area contributed by atoms with E-state index in [0.717, 1.165) is 39.0 Å². The van der Waals surface area contributed by atoms with Gasteiger partial charge in [-0.15, -0.1) is 0 Å². The van der Waals surface area contributed by atoms with Gasteiger partial charge in [0.25, 0.3) is 0 Å². The van der Waals surface area contributed by atoms with Crippen LogP contribution in [0.2, 0.25) is 0 Å². The minimum absolute atomic E-state index is 0.0531. The number of allylic oxidation sites excluding steroid dienone is 4. The molecule has 1 aliphatic heterocycles. The lowest BCUT2D eigenvalue weighted by molar-refractivity contribution is -0.135. The molecular formula is C27H38N2O2. The first-order valence-corrected chi connectivity index (χ1v) is 12.8. The molecule has 1 spiro atoms. The summed E-state index contributed by atoms with van der Waals surface area (Å²) < 4.78 is 0. The summed E-state index contributed by atoms with van der Waals surface area (Å²) in [5.74, 6) is 2.98. The number of hydrogen-bond acceptors (Lipinski definition) is 4. The third kappa shape index (κ3) is 2.93. The van der Waals surface area contributed by atoms with Crippen molar-refractivity contribution in [2.75, 3.05) is 32.7 Å². The topological polar surface area (TPSA) is 49.4 Å². The molecule has 5 fully saturated rings. The minimum Gasteiger partial charge on any atom is -0.314 e. The standard InChI is InChI=1S/C27H38N2O2/c1-25-8-7-19(30)15-18(25)3-4-20-21-5-6-22(23(31)16-29-13-11-28-12-14-29)26(21,2)17-27(9-10-27)24(20)25/h7-8,15,20-22,24,28H,3-6,9-14,16-17H2,1-2H3. The van der Waals surface area contributed by atoms with Crippen molar-refractivity contribution in [2.24, 2.45) is 39.9 Å². The monoisotopic (exact) mass is 422 g/mol. The van der Waals surface area contributed by atoms with Gasteiger partial charge in [-0.2, -0.15) is 0 Å². The third-order valence-electron chi connectivity index (χ3n) is 10.6. The summed E-state index contributed by atoms with van der Waals surface area (Å²) in [5.41, 5.74) is 2.01. The first kappa shape index (κ1) is 20.4. The van der Waals surface area contributed by atoms with E-state index in [4.69, 9.17) is 0 Å². The van der Waals surface area contributed by atoms with Crippen LogP contribution in [0.25, 0.3) is 0 Å². The van der Waals surface area contributed by atoms with Crippen molar-refractivity contribution in [3.05, 3.63) is 23.8 Å². The van der Waals surface area contributed by atoms with Gasteiger partial charge in [0.1, 0.15) is 5.78 Å². The number of nitrogens with one attached hydrogen (secondary N) is 1. The third-order valence-corrected chi connectivity index (χ3v) is 10.6. The average Bonchev–Trinajstić information content (AvgIpc) is 3.40. The van der Waals surface area contributed by atoms with Crippen molar-refractivity contribution < 1.29 is 9.59 Å². The van der Waals surface area contributed by atoms with Gasteiger partial charge in [-0.25, -0.2) is 0 Å². The summed E-state index contributed by atoms with van der Waals surface area (Å²) >= 11 is 0. The Bertz CT molecular complexity index is 864. The summed E-state index contributed by atoms with van der Waals surface area (Å²) in [5, 5.41) is 3.41. The Morgan fingerprint density at radius 2 is 1.94 bits per heavy atom. The van der Waals surface area contributed by atoms with Gasteiger partial charge in [0.05, 0.1) is 6.54 Å². The molecule has 1 heterocycles. The van der Waals surface area contributed by atoms with Gasteiger partial charge in [0.15, 0.2) is 5.78 Å². The molecule has 0 amide bonds. The lowest BCUT2D eigenvalue weighted by Gasteiger charge is -2.61. The maximum absolute atomic E-state index is 13.6. The van der Waals surface area contributed by atoms with Gasteiger partial charge >= 0.3 is 0 Å². The van der Waals surface area contributed by atoms with Gasteiger partial charge in [-0.1, -0.05) is 25.5 Å². The highest BCUT2D eigenvalue weighted by molar-refractivity contribution is 6.01. The van der Waals surface area contributed by atoms with Crippen LogP contribution in [0.5, 0.6) is 0 Å². The van der Waals surface area contributed by atoms with E-state index in [1.165, 1.54) is 37.7 Å². The number of ketones is 2. The van der Waals surface area contributed by atoms with Crippen LogP contribution in [0.3, 0.4) is 0 Å². The van der Waals surface area contributed by atoms with E-state index in [9.17, 15) is 9.59 Å². The van der Waals surface area contributed by atoms with E-state index in [1.807, 2.05) is 12.2 Å². The predicted octanol–water partition coefficient (Wildman–Crippen LogP) is 3.77. The number of Topliss-reactive ketones (excluding diaryl/α,β-unsaturated/α-hetero) is 1. The predicted molar refractivity (Wildman–Crippen MR) is 121 cm³/mol. The molecule has 0 aromatic rings. The SMILES string of the molecule is CC12C=CC(=O)C=C1CCC1C2C2(CC2)CC2(C)C(C(=O)CN3CCNCC3)CCC12. The molecule has 6 aliphatic rings. The Balaban J connectivity index is 1.29. The molecule has 4 heteroatoms. The number of piperazine rings is 1. The fraction of sp³-hybridized carbons (Fsp3) is 0.778. The fourth-order valence-corrected chi connectivity index (χ4v) is 9.31. The molecule has 4 nitrogen and oxygen atoms in total. The zero-order chi connectivity index (χ0) is 21.4. The largest absolute Gasteiger partial charge is 0.314 e. The van der Waals surface area contributed by atoms with Gasteiger partial charge in [-0.3, -0.25) is 14.5 Å². The Labute approximate surface area is 186 Å². The summed E-state index contributed by atoms with van der Waals surface area (Å²) in [7, 11) is 0. The second-order valence-corrected chi connectivity index (χ2v) is 12.1. The maximum atomic E-state index is 13.6. The van der Waals surface area contributed by atoms with E-state index in [1.54, 1.807) is 0 Å². The Morgan fingerprint density at radius 3 is 2.68 bits per heavy atom. The molecule has 1 saturated heterocycles. The first-order chi connectivity index (χ1) is 14.9. The number of nitrogens with zero attached hydrogens (tertiary/aromatic N) is 1. The van der Waals surface area contributed by atoms with Gasteiger partial charge < -0.3 is 5.32 Å². The van der Waals surface area contributed by atoms with Crippen LogP contribution in [0.4, 0.5) is 0 Å². The first-order valence-electron chi connectivity index (χ1n) is 12.8. The van der Waals surface area contributed by atoms with Crippen molar-refractivity contribution in [1.29, 1.82) is 0 Å². The van der Waals surface area contributed by atoms with Gasteiger partial charge in [0.2, 0.25) is 0 Å². The van der Waals surface area contributed by atoms with E-state index >= 15 is 0 Å². The van der Waals surface area contributed by atoms with E-state index in [-0.39, 0.29) is 22.5 Å². The van der Waals surface area contributed by atoms with Crippen molar-refractivity contribution in [1.82, 2.24) is 10.2 Å². The zero-order valence-electron chi connectivity index (χ0n) is 19.3. The Hall–Kier alpha value is -1.26. The van der Waals surface area contributed by atoms with Crippen LogP contribution in [0.15, 0.2) is 23.8 Å². The van der Waals surface area contributed by atoms with Crippen LogP contribution in [-0.4, -0.2) is 49.2 Å². The van der Waals surface area contributed by atoms with E-state index in [0.29, 0.717) is 35.5 Å². The highest BCUT2D eigenvalue weighted by Gasteiger charge is 2.70. The van der Waals surface area contributed by atoms with Crippen LogP contribution >= 0.6 is 0 Å². The quantitative estimate of drug-likeness (QED) is 0.752. The number of rotatable bonds is 3. The van der Waals surface area contributed by atoms with Crippen LogP contribution in [0, 0.1) is 39.9 Å². The molecule has 0 radical (unpaired) electrons. The summed E-state index contributed by atoms with van der Waals surface area (Å²) in [6, 6.07) is 0. The number of fused-ring (bicyclic) bond motifs is 6. The molecule has 0 aromatic carbocycles. The molecule has 4 saturated carbocycles. The summed E-state index contributed by atoms with van der Waals surface area (Å²) in [6.07, 6.45) is 14.5. The smallest absolute Gasteiger partial charge is 0.178 e. The normalized spacial score (nSPS) is 45.6. The van der Waals surface area contributed by atoms with Crippen molar-refractivity contribution >= 4 is 11.6 Å². The molecule has 6 rings (SSSR count). The molecule has 6 unspecified atom stereocenters. The minimum atomic E-state index is 0.0531. The van der Waals surface area contributed by atoms with Gasteiger partial charge in [-0.05, 0) is 85.7 Å². The van der Waals surface area contributed by atoms with Gasteiger partial charge in [0, 0.05) is 37.5 Å². The number of carbonyl (C=O) groups is 2. The number of hydrogen-bond donors (Lipinski definition) is 1. The van der Waals surface area contributed by atoms with E-state index in [2.05, 4.69) is 30.1 Å². The van der Waals surface area contributed by atoms with Crippen LogP contribution in [0.1, 0.15) is 58.8 Å². The Kier molecular flexibility index (Phi) is 4.51. The van der Waals surface area contributed by atoms with Crippen LogP contribution < -0.4 is 5.32 Å². The molecular weight excluding hydrogens is 384 g/mol. The lowest BCUT2D eigenvalue weighted by Crippen LogP contribution is -2.55. The molecule has 31 heavy (non-hydrogen) atoms.